The Kier molecular flexibility index (Phi) is 5.69. The van der Waals surface area contributed by atoms with Crippen molar-refractivity contribution >= 4 is 28.3 Å². The van der Waals surface area contributed by atoms with E-state index in [1.807, 2.05) is 36.4 Å². The highest BCUT2D eigenvalue weighted by molar-refractivity contribution is 7.13. The smallest absolute Gasteiger partial charge is 0.226 e. The van der Waals surface area contributed by atoms with Crippen molar-refractivity contribution in [1.82, 2.24) is 25.3 Å². The molecule has 0 fully saturated rings. The van der Waals surface area contributed by atoms with Gasteiger partial charge in [-0.05, 0) is 6.07 Å². The highest BCUT2D eigenvalue weighted by Gasteiger charge is 2.14. The number of aromatic nitrogens is 4. The first-order chi connectivity index (χ1) is 12.6. The predicted octanol–water partition coefficient (Wildman–Crippen LogP) is 2.31. The van der Waals surface area contributed by atoms with Gasteiger partial charge in [0, 0.05) is 25.5 Å². The minimum atomic E-state index is -0.253. The fraction of sp³-hybridized carbons (Fsp3) is 0.235. The molecule has 3 rings (SSSR count). The second-order valence-corrected chi connectivity index (χ2v) is 6.52. The number of carbonyl (C=O) groups excluding carboxylic acids is 2. The number of nitrogens with zero attached hydrogens (tertiary/aromatic N) is 4. The molecule has 2 heterocycles. The standard InChI is InChI=1S/C17H18N6O2S/c1-23(16(25)8-7-15(24)19-17-22-18-11-26-17)10-13-9-14(21-20-13)12-5-3-2-4-6-12/h2-6,9,11H,7-8,10H2,1H3,(H,20,21)(H,19,22,24). The van der Waals surface area contributed by atoms with Crippen LogP contribution >= 0.6 is 11.3 Å². The van der Waals surface area contributed by atoms with Crippen LogP contribution in [0.5, 0.6) is 0 Å². The molecule has 0 atom stereocenters. The van der Waals surface area contributed by atoms with Gasteiger partial charge in [0.1, 0.15) is 5.51 Å². The van der Waals surface area contributed by atoms with Crippen molar-refractivity contribution in [2.75, 3.05) is 12.4 Å². The molecule has 0 aliphatic rings. The maximum atomic E-state index is 12.2. The molecule has 0 saturated carbocycles. The molecule has 26 heavy (non-hydrogen) atoms. The van der Waals surface area contributed by atoms with Crippen LogP contribution in [0.2, 0.25) is 0 Å². The van der Waals surface area contributed by atoms with Gasteiger partial charge in [-0.3, -0.25) is 14.7 Å². The summed E-state index contributed by atoms with van der Waals surface area (Å²) in [6.07, 6.45) is 0.224. The van der Waals surface area contributed by atoms with E-state index in [0.29, 0.717) is 11.7 Å². The number of hydrogen-bond donors (Lipinski definition) is 2. The molecule has 0 spiro atoms. The molecule has 0 aliphatic heterocycles. The second-order valence-electron chi connectivity index (χ2n) is 5.69. The Morgan fingerprint density at radius 3 is 2.77 bits per heavy atom. The average Bonchev–Trinajstić information content (AvgIpc) is 3.32. The van der Waals surface area contributed by atoms with E-state index in [4.69, 9.17) is 0 Å². The van der Waals surface area contributed by atoms with Crippen molar-refractivity contribution < 1.29 is 9.59 Å². The Balaban J connectivity index is 1.48. The minimum Gasteiger partial charge on any atom is -0.340 e. The molecule has 0 radical (unpaired) electrons. The second kappa shape index (κ2) is 8.34. The summed E-state index contributed by atoms with van der Waals surface area (Å²) in [6, 6.07) is 11.7. The summed E-state index contributed by atoms with van der Waals surface area (Å²) in [5.41, 5.74) is 4.20. The molecule has 134 valence electrons. The number of hydrogen-bond acceptors (Lipinski definition) is 6. The monoisotopic (exact) mass is 370 g/mol. The molecule has 8 nitrogen and oxygen atoms in total. The number of nitrogens with one attached hydrogen (secondary N) is 2. The Morgan fingerprint density at radius 2 is 2.04 bits per heavy atom. The van der Waals surface area contributed by atoms with E-state index in [1.54, 1.807) is 11.9 Å². The summed E-state index contributed by atoms with van der Waals surface area (Å²) in [4.78, 5) is 25.6. The number of amides is 2. The van der Waals surface area contributed by atoms with Crippen LogP contribution in [0.1, 0.15) is 18.5 Å². The van der Waals surface area contributed by atoms with Gasteiger partial charge in [-0.2, -0.15) is 5.10 Å². The molecule has 0 bridgehead atoms. The SMILES string of the molecule is CN(Cc1cc(-c2ccccc2)n[nH]1)C(=O)CCC(=O)Nc1nncs1. The van der Waals surface area contributed by atoms with E-state index >= 15 is 0 Å². The summed E-state index contributed by atoms with van der Waals surface area (Å²) >= 11 is 1.23. The molecule has 9 heteroatoms. The zero-order valence-corrected chi connectivity index (χ0v) is 15.0. The predicted molar refractivity (Wildman–Crippen MR) is 98.3 cm³/mol. The van der Waals surface area contributed by atoms with Crippen molar-refractivity contribution in [3.05, 3.63) is 47.6 Å². The number of rotatable bonds is 7. The number of carbonyl (C=O) groups is 2. The van der Waals surface area contributed by atoms with Crippen LogP contribution < -0.4 is 5.32 Å². The zero-order valence-electron chi connectivity index (χ0n) is 14.2. The summed E-state index contributed by atoms with van der Waals surface area (Å²) in [7, 11) is 1.70. The first-order valence-electron chi connectivity index (χ1n) is 8.01. The molecule has 1 aromatic carbocycles. The average molecular weight is 370 g/mol. The highest BCUT2D eigenvalue weighted by atomic mass is 32.1. The normalized spacial score (nSPS) is 10.5. The summed E-state index contributed by atoms with van der Waals surface area (Å²) in [5.74, 6) is -0.371. The molecular weight excluding hydrogens is 352 g/mol. The van der Waals surface area contributed by atoms with Crippen LogP contribution in [-0.2, 0) is 16.1 Å². The number of H-pyrrole nitrogens is 1. The lowest BCUT2D eigenvalue weighted by molar-refractivity contribution is -0.132. The Bertz CT molecular complexity index is 863. The fourth-order valence-corrected chi connectivity index (χ4v) is 2.82. The fourth-order valence-electron chi connectivity index (χ4n) is 2.36. The van der Waals surface area contributed by atoms with Gasteiger partial charge in [0.05, 0.1) is 17.9 Å². The Hall–Kier alpha value is -3.07. The van der Waals surface area contributed by atoms with Crippen molar-refractivity contribution in [3.63, 3.8) is 0 Å². The van der Waals surface area contributed by atoms with Gasteiger partial charge in [-0.15, -0.1) is 10.2 Å². The van der Waals surface area contributed by atoms with E-state index < -0.39 is 0 Å². The van der Waals surface area contributed by atoms with E-state index in [1.165, 1.54) is 16.8 Å². The van der Waals surface area contributed by atoms with Gasteiger partial charge in [-0.1, -0.05) is 41.7 Å². The third-order valence-corrected chi connectivity index (χ3v) is 4.31. The van der Waals surface area contributed by atoms with Crippen LogP contribution in [0.3, 0.4) is 0 Å². The largest absolute Gasteiger partial charge is 0.340 e. The van der Waals surface area contributed by atoms with Gasteiger partial charge in [0.25, 0.3) is 0 Å². The third kappa shape index (κ3) is 4.73. The van der Waals surface area contributed by atoms with Gasteiger partial charge < -0.3 is 10.2 Å². The molecular formula is C17H18N6O2S. The summed E-state index contributed by atoms with van der Waals surface area (Å²) < 4.78 is 0. The van der Waals surface area contributed by atoms with Crippen LogP contribution in [0.4, 0.5) is 5.13 Å². The van der Waals surface area contributed by atoms with E-state index in [2.05, 4.69) is 25.7 Å². The van der Waals surface area contributed by atoms with E-state index in [9.17, 15) is 9.59 Å². The van der Waals surface area contributed by atoms with Crippen molar-refractivity contribution in [3.8, 4) is 11.3 Å². The van der Waals surface area contributed by atoms with Gasteiger partial charge in [-0.25, -0.2) is 0 Å². The van der Waals surface area contributed by atoms with Crippen molar-refractivity contribution in [2.24, 2.45) is 0 Å². The van der Waals surface area contributed by atoms with E-state index in [-0.39, 0.29) is 24.7 Å². The van der Waals surface area contributed by atoms with Crippen molar-refractivity contribution in [2.45, 2.75) is 19.4 Å². The van der Waals surface area contributed by atoms with Gasteiger partial charge >= 0.3 is 0 Å². The quantitative estimate of drug-likeness (QED) is 0.664. The number of anilines is 1. The first kappa shape index (κ1) is 17.7. The summed E-state index contributed by atoms with van der Waals surface area (Å²) in [5, 5.41) is 17.6. The number of benzene rings is 1. The number of aromatic amines is 1. The van der Waals surface area contributed by atoms with Crippen LogP contribution in [0.25, 0.3) is 11.3 Å². The molecule has 2 amide bonds. The molecule has 3 aromatic rings. The molecule has 0 saturated heterocycles. The Morgan fingerprint density at radius 1 is 1.23 bits per heavy atom. The molecule has 0 unspecified atom stereocenters. The Labute approximate surface area is 154 Å². The third-order valence-electron chi connectivity index (χ3n) is 3.71. The lowest BCUT2D eigenvalue weighted by Gasteiger charge is -2.15. The lowest BCUT2D eigenvalue weighted by atomic mass is 10.1. The van der Waals surface area contributed by atoms with E-state index in [0.717, 1.165) is 17.0 Å². The van der Waals surface area contributed by atoms with Crippen LogP contribution in [0.15, 0.2) is 41.9 Å². The van der Waals surface area contributed by atoms with Crippen LogP contribution in [0, 0.1) is 0 Å². The topological polar surface area (TPSA) is 104 Å². The lowest BCUT2D eigenvalue weighted by Crippen LogP contribution is -2.27. The molecule has 0 aliphatic carbocycles. The zero-order chi connectivity index (χ0) is 18.4. The van der Waals surface area contributed by atoms with Gasteiger partial charge in [0.2, 0.25) is 16.9 Å². The molecule has 2 N–H and O–H groups in total. The molecule has 2 aromatic heterocycles. The maximum Gasteiger partial charge on any atom is 0.226 e. The maximum absolute atomic E-state index is 12.2. The summed E-state index contributed by atoms with van der Waals surface area (Å²) in [6.45, 7) is 0.399. The van der Waals surface area contributed by atoms with Crippen molar-refractivity contribution in [1.29, 1.82) is 0 Å². The highest BCUT2D eigenvalue weighted by Crippen LogP contribution is 2.17. The van der Waals surface area contributed by atoms with Gasteiger partial charge in [0.15, 0.2) is 0 Å². The first-order valence-corrected chi connectivity index (χ1v) is 8.89. The van der Waals surface area contributed by atoms with Crippen LogP contribution in [-0.4, -0.2) is 44.2 Å². The minimum absolute atomic E-state index is 0.0982.